The number of nitrogens with zero attached hydrogens (tertiary/aromatic N) is 1. The lowest BCUT2D eigenvalue weighted by Crippen LogP contribution is -2.25. The molecule has 0 bridgehead atoms. The van der Waals surface area contributed by atoms with Crippen LogP contribution in [0.4, 0.5) is 5.69 Å². The fraction of sp³-hybridized carbons (Fsp3) is 0.133. The second kappa shape index (κ2) is 6.91. The summed E-state index contributed by atoms with van der Waals surface area (Å²) in [7, 11) is 0. The molecule has 7 heteroatoms. The van der Waals surface area contributed by atoms with Gasteiger partial charge in [0.1, 0.15) is 0 Å². The van der Waals surface area contributed by atoms with E-state index in [0.29, 0.717) is 18.0 Å². The maximum Gasteiger partial charge on any atom is 0.311 e. The van der Waals surface area contributed by atoms with E-state index in [1.165, 1.54) is 6.07 Å². The molecule has 0 radical (unpaired) electrons. The van der Waals surface area contributed by atoms with Crippen LogP contribution >= 0.6 is 11.6 Å². The number of aromatic hydroxyl groups is 1. The molecule has 0 spiro atoms. The summed E-state index contributed by atoms with van der Waals surface area (Å²) in [4.78, 5) is 21.9. The molecule has 0 aliphatic carbocycles. The van der Waals surface area contributed by atoms with Gasteiger partial charge in [0.15, 0.2) is 5.75 Å². The number of rotatable bonds is 5. The smallest absolute Gasteiger partial charge is 0.311 e. The first kappa shape index (κ1) is 15.8. The molecule has 0 aliphatic rings. The maximum atomic E-state index is 11.9. The zero-order valence-corrected chi connectivity index (χ0v) is 12.2. The Kier molecular flexibility index (Phi) is 4.95. The summed E-state index contributed by atoms with van der Waals surface area (Å²) in [5, 5.41) is 23.4. The van der Waals surface area contributed by atoms with E-state index in [9.17, 15) is 20.0 Å². The zero-order valence-electron chi connectivity index (χ0n) is 11.5. The van der Waals surface area contributed by atoms with Crippen molar-refractivity contribution in [3.05, 3.63) is 68.7 Å². The van der Waals surface area contributed by atoms with Crippen LogP contribution in [-0.4, -0.2) is 22.5 Å². The molecular formula is C15H13ClN2O4. The van der Waals surface area contributed by atoms with Crippen LogP contribution in [-0.2, 0) is 6.42 Å². The first-order valence-electron chi connectivity index (χ1n) is 6.47. The fourth-order valence-corrected chi connectivity index (χ4v) is 2.14. The van der Waals surface area contributed by atoms with Crippen molar-refractivity contribution in [2.75, 3.05) is 6.54 Å². The Balaban J connectivity index is 1.98. The van der Waals surface area contributed by atoms with E-state index in [0.717, 1.165) is 17.7 Å². The SMILES string of the molecule is O=C(NCCc1cccc(Cl)c1)c1ccc(O)c([N+](=O)[O-])c1. The molecule has 1 amide bonds. The van der Waals surface area contributed by atoms with Crippen LogP contribution in [0, 0.1) is 10.1 Å². The van der Waals surface area contributed by atoms with Gasteiger partial charge in [0.2, 0.25) is 0 Å². The van der Waals surface area contributed by atoms with Gasteiger partial charge in [0, 0.05) is 23.2 Å². The average Bonchev–Trinajstić information content (AvgIpc) is 2.47. The van der Waals surface area contributed by atoms with E-state index in [1.807, 2.05) is 12.1 Å². The Morgan fingerprint density at radius 1 is 1.27 bits per heavy atom. The maximum absolute atomic E-state index is 11.9. The van der Waals surface area contributed by atoms with Crippen molar-refractivity contribution in [1.82, 2.24) is 5.32 Å². The van der Waals surface area contributed by atoms with E-state index in [-0.39, 0.29) is 5.56 Å². The molecule has 2 aromatic carbocycles. The molecule has 0 aliphatic heterocycles. The molecule has 0 fully saturated rings. The third-order valence-electron chi connectivity index (χ3n) is 3.02. The van der Waals surface area contributed by atoms with Crippen molar-refractivity contribution in [2.45, 2.75) is 6.42 Å². The Morgan fingerprint density at radius 2 is 2.05 bits per heavy atom. The van der Waals surface area contributed by atoms with Gasteiger partial charge in [-0.3, -0.25) is 14.9 Å². The highest BCUT2D eigenvalue weighted by atomic mass is 35.5. The van der Waals surface area contributed by atoms with Crippen molar-refractivity contribution in [1.29, 1.82) is 0 Å². The number of carbonyl (C=O) groups excluding carboxylic acids is 1. The van der Waals surface area contributed by atoms with E-state index in [4.69, 9.17) is 11.6 Å². The van der Waals surface area contributed by atoms with E-state index in [1.54, 1.807) is 12.1 Å². The molecule has 114 valence electrons. The first-order chi connectivity index (χ1) is 10.5. The Morgan fingerprint density at radius 3 is 2.73 bits per heavy atom. The quantitative estimate of drug-likeness (QED) is 0.654. The number of hydrogen-bond donors (Lipinski definition) is 2. The van der Waals surface area contributed by atoms with E-state index in [2.05, 4.69) is 5.32 Å². The lowest BCUT2D eigenvalue weighted by molar-refractivity contribution is -0.385. The van der Waals surface area contributed by atoms with Gasteiger partial charge < -0.3 is 10.4 Å². The predicted octanol–water partition coefficient (Wildman–Crippen LogP) is 2.93. The lowest BCUT2D eigenvalue weighted by Gasteiger charge is -2.06. The van der Waals surface area contributed by atoms with E-state index >= 15 is 0 Å². The summed E-state index contributed by atoms with van der Waals surface area (Å²) < 4.78 is 0. The van der Waals surface area contributed by atoms with Crippen molar-refractivity contribution in [2.24, 2.45) is 0 Å². The van der Waals surface area contributed by atoms with Crippen molar-refractivity contribution in [3.8, 4) is 5.75 Å². The molecule has 0 saturated carbocycles. The highest BCUT2D eigenvalue weighted by Crippen LogP contribution is 2.26. The number of halogens is 1. The minimum absolute atomic E-state index is 0.121. The van der Waals surface area contributed by atoms with Crippen molar-refractivity contribution < 1.29 is 14.8 Å². The van der Waals surface area contributed by atoms with Crippen LogP contribution in [0.3, 0.4) is 0 Å². The number of phenolic OH excluding ortho intramolecular Hbond substituents is 1. The summed E-state index contributed by atoms with van der Waals surface area (Å²) in [5.41, 5.74) is 0.600. The summed E-state index contributed by atoms with van der Waals surface area (Å²) in [6.45, 7) is 0.369. The third-order valence-corrected chi connectivity index (χ3v) is 3.26. The summed E-state index contributed by atoms with van der Waals surface area (Å²) in [6, 6.07) is 10.8. The summed E-state index contributed by atoms with van der Waals surface area (Å²) in [6.07, 6.45) is 0.590. The highest BCUT2D eigenvalue weighted by molar-refractivity contribution is 6.30. The number of benzene rings is 2. The molecule has 6 nitrogen and oxygen atoms in total. The minimum Gasteiger partial charge on any atom is -0.502 e. The van der Waals surface area contributed by atoms with Gasteiger partial charge in [-0.1, -0.05) is 23.7 Å². The highest BCUT2D eigenvalue weighted by Gasteiger charge is 2.16. The van der Waals surface area contributed by atoms with E-state index < -0.39 is 22.3 Å². The molecular weight excluding hydrogens is 308 g/mol. The number of nitro benzene ring substituents is 1. The molecule has 0 atom stereocenters. The number of amides is 1. The molecule has 2 N–H and O–H groups in total. The molecule has 2 rings (SSSR count). The Hall–Kier alpha value is -2.60. The minimum atomic E-state index is -0.738. The molecule has 0 aromatic heterocycles. The third kappa shape index (κ3) is 3.95. The van der Waals surface area contributed by atoms with Gasteiger partial charge in [-0.05, 0) is 36.2 Å². The molecule has 22 heavy (non-hydrogen) atoms. The largest absolute Gasteiger partial charge is 0.502 e. The number of nitro groups is 1. The van der Waals surface area contributed by atoms with Gasteiger partial charge in [-0.25, -0.2) is 0 Å². The normalized spacial score (nSPS) is 10.2. The lowest BCUT2D eigenvalue weighted by atomic mass is 10.1. The molecule has 0 heterocycles. The monoisotopic (exact) mass is 320 g/mol. The van der Waals surface area contributed by atoms with Crippen LogP contribution in [0.1, 0.15) is 15.9 Å². The number of carbonyl (C=O) groups is 1. The molecule has 2 aromatic rings. The number of nitrogens with one attached hydrogen (secondary N) is 1. The standard InChI is InChI=1S/C15H13ClN2O4/c16-12-3-1-2-10(8-12)6-7-17-15(20)11-4-5-14(19)13(9-11)18(21)22/h1-5,8-9,19H,6-7H2,(H,17,20). The van der Waals surface area contributed by atoms with Crippen LogP contribution in [0.15, 0.2) is 42.5 Å². The zero-order chi connectivity index (χ0) is 16.1. The van der Waals surface area contributed by atoms with Crippen LogP contribution in [0.2, 0.25) is 5.02 Å². The van der Waals surface area contributed by atoms with Crippen LogP contribution in [0.25, 0.3) is 0 Å². The number of hydrogen-bond acceptors (Lipinski definition) is 4. The van der Waals surface area contributed by atoms with Gasteiger partial charge >= 0.3 is 5.69 Å². The second-order valence-electron chi connectivity index (χ2n) is 4.60. The second-order valence-corrected chi connectivity index (χ2v) is 5.03. The predicted molar refractivity (Wildman–Crippen MR) is 82.3 cm³/mol. The van der Waals surface area contributed by atoms with Gasteiger partial charge in [-0.15, -0.1) is 0 Å². The van der Waals surface area contributed by atoms with Gasteiger partial charge in [0.25, 0.3) is 5.91 Å². The Labute approximate surface area is 131 Å². The Bertz CT molecular complexity index is 718. The fourth-order valence-electron chi connectivity index (χ4n) is 1.93. The van der Waals surface area contributed by atoms with Gasteiger partial charge in [-0.2, -0.15) is 0 Å². The summed E-state index contributed by atoms with van der Waals surface area (Å²) >= 11 is 5.87. The van der Waals surface area contributed by atoms with Crippen molar-refractivity contribution in [3.63, 3.8) is 0 Å². The average molecular weight is 321 g/mol. The summed E-state index contributed by atoms with van der Waals surface area (Å²) in [5.74, 6) is -0.911. The number of phenols is 1. The van der Waals surface area contributed by atoms with Crippen molar-refractivity contribution >= 4 is 23.2 Å². The van der Waals surface area contributed by atoms with Gasteiger partial charge in [0.05, 0.1) is 4.92 Å². The molecule has 0 unspecified atom stereocenters. The molecule has 0 saturated heterocycles. The first-order valence-corrected chi connectivity index (χ1v) is 6.85. The van der Waals surface area contributed by atoms with Crippen LogP contribution < -0.4 is 5.32 Å². The van der Waals surface area contributed by atoms with Crippen LogP contribution in [0.5, 0.6) is 5.75 Å². The topological polar surface area (TPSA) is 92.5 Å².